The van der Waals surface area contributed by atoms with Gasteiger partial charge in [0, 0.05) is 11.1 Å². The number of carbonyl (C=O) groups excluding carboxylic acids is 1. The summed E-state index contributed by atoms with van der Waals surface area (Å²) in [6.45, 7) is 7.87. The first-order valence-electron chi connectivity index (χ1n) is 6.52. The molecule has 1 aromatic rings. The van der Waals surface area contributed by atoms with Crippen LogP contribution >= 0.6 is 11.6 Å². The lowest BCUT2D eigenvalue weighted by Crippen LogP contribution is -2.33. The van der Waals surface area contributed by atoms with Gasteiger partial charge >= 0.3 is 5.97 Å². The second kappa shape index (κ2) is 6.92. The number of ether oxygens (including phenoxy) is 1. The van der Waals surface area contributed by atoms with Crippen molar-refractivity contribution in [3.63, 3.8) is 0 Å². The van der Waals surface area contributed by atoms with Crippen LogP contribution in [0, 0.1) is 0 Å². The maximum Gasteiger partial charge on any atom is 0.320 e. The topological polar surface area (TPSA) is 38.3 Å². The molecule has 0 amide bonds. The summed E-state index contributed by atoms with van der Waals surface area (Å²) in [6, 6.07) is 7.78. The molecule has 0 heterocycles. The van der Waals surface area contributed by atoms with E-state index >= 15 is 0 Å². The predicted octanol–water partition coefficient (Wildman–Crippen LogP) is 3.72. The van der Waals surface area contributed by atoms with Crippen molar-refractivity contribution in [3.05, 3.63) is 34.9 Å². The van der Waals surface area contributed by atoms with Crippen LogP contribution in [-0.4, -0.2) is 18.1 Å². The number of hydrogen-bond acceptors (Lipinski definition) is 3. The summed E-state index contributed by atoms with van der Waals surface area (Å²) in [5.74, 6) is -0.236. The molecule has 0 fully saturated rings. The Hall–Kier alpha value is -1.06. The lowest BCUT2D eigenvalue weighted by Gasteiger charge is -2.22. The zero-order valence-corrected chi connectivity index (χ0v) is 12.8. The monoisotopic (exact) mass is 283 g/mol. The minimum atomic E-state index is -0.444. The molecular formula is C15H22ClNO2. The zero-order chi connectivity index (χ0) is 14.5. The van der Waals surface area contributed by atoms with E-state index < -0.39 is 5.60 Å². The molecule has 0 bridgehead atoms. The quantitative estimate of drug-likeness (QED) is 0.837. The van der Waals surface area contributed by atoms with E-state index in [-0.39, 0.29) is 18.6 Å². The molecule has 1 unspecified atom stereocenters. The smallest absolute Gasteiger partial charge is 0.320 e. The maximum atomic E-state index is 11.7. The van der Waals surface area contributed by atoms with Gasteiger partial charge in [-0.3, -0.25) is 4.79 Å². The van der Waals surface area contributed by atoms with E-state index in [1.54, 1.807) is 0 Å². The van der Waals surface area contributed by atoms with Crippen molar-refractivity contribution < 1.29 is 9.53 Å². The SMILES string of the molecule is CCC(NCC(=O)OC(C)(C)C)c1ccc(Cl)cc1. The van der Waals surface area contributed by atoms with Crippen LogP contribution in [0.4, 0.5) is 0 Å². The van der Waals surface area contributed by atoms with Crippen molar-refractivity contribution in [3.8, 4) is 0 Å². The van der Waals surface area contributed by atoms with Crippen LogP contribution in [0.1, 0.15) is 45.7 Å². The fourth-order valence-corrected chi connectivity index (χ4v) is 1.90. The molecule has 0 aliphatic heterocycles. The molecule has 1 rings (SSSR count). The molecule has 0 spiro atoms. The first-order valence-corrected chi connectivity index (χ1v) is 6.90. The number of benzene rings is 1. The maximum absolute atomic E-state index is 11.7. The summed E-state index contributed by atoms with van der Waals surface area (Å²) in [5, 5.41) is 3.92. The van der Waals surface area contributed by atoms with Gasteiger partial charge in [0.1, 0.15) is 5.60 Å². The lowest BCUT2D eigenvalue weighted by atomic mass is 10.0. The third-order valence-electron chi connectivity index (χ3n) is 2.59. The van der Waals surface area contributed by atoms with E-state index in [4.69, 9.17) is 16.3 Å². The second-order valence-electron chi connectivity index (χ2n) is 5.48. The van der Waals surface area contributed by atoms with Crippen molar-refractivity contribution in [1.29, 1.82) is 0 Å². The lowest BCUT2D eigenvalue weighted by molar-refractivity contribution is -0.153. The second-order valence-corrected chi connectivity index (χ2v) is 5.92. The average Bonchev–Trinajstić information content (AvgIpc) is 2.29. The van der Waals surface area contributed by atoms with Crippen LogP contribution in [0.5, 0.6) is 0 Å². The van der Waals surface area contributed by atoms with E-state index in [1.165, 1.54) is 0 Å². The fourth-order valence-electron chi connectivity index (χ4n) is 1.78. The van der Waals surface area contributed by atoms with E-state index in [2.05, 4.69) is 12.2 Å². The third kappa shape index (κ3) is 6.08. The van der Waals surface area contributed by atoms with Crippen molar-refractivity contribution in [2.24, 2.45) is 0 Å². The molecule has 1 atom stereocenters. The van der Waals surface area contributed by atoms with E-state index in [1.807, 2.05) is 45.0 Å². The first-order chi connectivity index (χ1) is 8.81. The molecule has 0 aliphatic rings. The van der Waals surface area contributed by atoms with Crippen LogP contribution in [0.15, 0.2) is 24.3 Å². The standard InChI is InChI=1S/C15H22ClNO2/c1-5-13(11-6-8-12(16)9-7-11)17-10-14(18)19-15(2,3)4/h6-9,13,17H,5,10H2,1-4H3. The minimum Gasteiger partial charge on any atom is -0.459 e. The molecular weight excluding hydrogens is 262 g/mol. The van der Waals surface area contributed by atoms with Gasteiger partial charge in [-0.1, -0.05) is 30.7 Å². The summed E-state index contributed by atoms with van der Waals surface area (Å²) in [4.78, 5) is 11.7. The Bertz CT molecular complexity index is 409. The highest BCUT2D eigenvalue weighted by atomic mass is 35.5. The highest BCUT2D eigenvalue weighted by Crippen LogP contribution is 2.19. The minimum absolute atomic E-state index is 0.129. The molecule has 3 nitrogen and oxygen atoms in total. The molecule has 1 N–H and O–H groups in total. The van der Waals surface area contributed by atoms with Gasteiger partial charge < -0.3 is 10.1 Å². The molecule has 19 heavy (non-hydrogen) atoms. The molecule has 106 valence electrons. The van der Waals surface area contributed by atoms with Crippen LogP contribution in [0.25, 0.3) is 0 Å². The number of halogens is 1. The summed E-state index contributed by atoms with van der Waals surface area (Å²) in [5.41, 5.74) is 0.677. The Kier molecular flexibility index (Phi) is 5.83. The molecule has 4 heteroatoms. The van der Waals surface area contributed by atoms with Gasteiger partial charge in [-0.05, 0) is 44.9 Å². The molecule has 0 aromatic heterocycles. The third-order valence-corrected chi connectivity index (χ3v) is 2.85. The Morgan fingerprint density at radius 1 is 1.32 bits per heavy atom. The molecule has 0 saturated heterocycles. The van der Waals surface area contributed by atoms with Gasteiger partial charge in [0.25, 0.3) is 0 Å². The van der Waals surface area contributed by atoms with Crippen LogP contribution < -0.4 is 5.32 Å². The summed E-state index contributed by atoms with van der Waals surface area (Å²) < 4.78 is 5.27. The predicted molar refractivity (Wildman–Crippen MR) is 78.3 cm³/mol. The van der Waals surface area contributed by atoms with Crippen LogP contribution in [0.3, 0.4) is 0 Å². The molecule has 0 aliphatic carbocycles. The van der Waals surface area contributed by atoms with Crippen LogP contribution in [-0.2, 0) is 9.53 Å². The van der Waals surface area contributed by atoms with Gasteiger partial charge in [-0.25, -0.2) is 0 Å². The van der Waals surface area contributed by atoms with Gasteiger partial charge in [-0.2, -0.15) is 0 Å². The number of carbonyl (C=O) groups is 1. The number of nitrogens with one attached hydrogen (secondary N) is 1. The summed E-state index contributed by atoms with van der Waals surface area (Å²) in [6.07, 6.45) is 0.893. The highest BCUT2D eigenvalue weighted by molar-refractivity contribution is 6.30. The number of rotatable bonds is 5. The highest BCUT2D eigenvalue weighted by Gasteiger charge is 2.17. The van der Waals surface area contributed by atoms with Gasteiger partial charge in [0.05, 0.1) is 6.54 Å². The summed E-state index contributed by atoms with van der Waals surface area (Å²) >= 11 is 5.87. The van der Waals surface area contributed by atoms with E-state index in [9.17, 15) is 4.79 Å². The van der Waals surface area contributed by atoms with Crippen molar-refractivity contribution in [2.45, 2.75) is 45.8 Å². The Morgan fingerprint density at radius 2 is 1.89 bits per heavy atom. The first kappa shape index (κ1) is 16.0. The van der Waals surface area contributed by atoms with Crippen molar-refractivity contribution >= 4 is 17.6 Å². The fraction of sp³-hybridized carbons (Fsp3) is 0.533. The van der Waals surface area contributed by atoms with Gasteiger partial charge in [0.2, 0.25) is 0 Å². The normalized spacial score (nSPS) is 13.1. The van der Waals surface area contributed by atoms with Crippen LogP contribution in [0.2, 0.25) is 5.02 Å². The average molecular weight is 284 g/mol. The van der Waals surface area contributed by atoms with E-state index in [0.29, 0.717) is 5.02 Å². The number of hydrogen-bond donors (Lipinski definition) is 1. The Labute approximate surface area is 120 Å². The Balaban J connectivity index is 2.54. The summed E-state index contributed by atoms with van der Waals surface area (Å²) in [7, 11) is 0. The largest absolute Gasteiger partial charge is 0.459 e. The van der Waals surface area contributed by atoms with E-state index in [0.717, 1.165) is 12.0 Å². The van der Waals surface area contributed by atoms with Crippen molar-refractivity contribution in [2.75, 3.05) is 6.54 Å². The molecule has 1 aromatic carbocycles. The van der Waals surface area contributed by atoms with Gasteiger partial charge in [0.15, 0.2) is 0 Å². The molecule has 0 radical (unpaired) electrons. The van der Waals surface area contributed by atoms with Gasteiger partial charge in [-0.15, -0.1) is 0 Å². The zero-order valence-electron chi connectivity index (χ0n) is 12.0. The molecule has 0 saturated carbocycles. The van der Waals surface area contributed by atoms with Crippen molar-refractivity contribution in [1.82, 2.24) is 5.32 Å². The Morgan fingerprint density at radius 3 is 2.37 bits per heavy atom. The number of esters is 1.